The highest BCUT2D eigenvalue weighted by molar-refractivity contribution is 5.67. The van der Waals surface area contributed by atoms with E-state index in [1.54, 1.807) is 0 Å². The molecule has 0 unspecified atom stereocenters. The lowest BCUT2D eigenvalue weighted by atomic mass is 9.66. The number of hydrogen-bond donors (Lipinski definition) is 0. The number of rotatable bonds is 1. The molecule has 0 nitrogen and oxygen atoms in total. The van der Waals surface area contributed by atoms with Crippen molar-refractivity contribution in [3.63, 3.8) is 0 Å². The molecule has 0 atom stereocenters. The van der Waals surface area contributed by atoms with E-state index in [0.29, 0.717) is 10.8 Å². The van der Waals surface area contributed by atoms with Gasteiger partial charge in [-0.15, -0.1) is 0 Å². The first-order chi connectivity index (χ1) is 7.38. The van der Waals surface area contributed by atoms with Gasteiger partial charge in [-0.1, -0.05) is 64.1 Å². The van der Waals surface area contributed by atoms with Gasteiger partial charge in [0.1, 0.15) is 0 Å². The quantitative estimate of drug-likeness (QED) is 0.622. The Morgan fingerprint density at radius 2 is 1.56 bits per heavy atom. The van der Waals surface area contributed by atoms with Crippen LogP contribution in [0.5, 0.6) is 0 Å². The first-order valence-electron chi connectivity index (χ1n) is 6.15. The standard InChI is InChI=1S/C16H22/c1-15(2)10-14(11-16(3,4)12-15)13-8-6-5-7-9-13/h5-10H,11-12H2,1-4H3. The summed E-state index contributed by atoms with van der Waals surface area (Å²) in [5, 5.41) is 0. The number of hydrogen-bond acceptors (Lipinski definition) is 0. The molecule has 0 aromatic heterocycles. The second-order valence-electron chi connectivity index (χ2n) is 6.54. The second kappa shape index (κ2) is 3.76. The van der Waals surface area contributed by atoms with Crippen LogP contribution in [0.1, 0.15) is 46.1 Å². The van der Waals surface area contributed by atoms with Crippen LogP contribution in [0.2, 0.25) is 0 Å². The van der Waals surface area contributed by atoms with Gasteiger partial charge in [0.25, 0.3) is 0 Å². The topological polar surface area (TPSA) is 0 Å². The zero-order chi connectivity index (χ0) is 11.8. The van der Waals surface area contributed by atoms with Crippen LogP contribution in [0.15, 0.2) is 36.4 Å². The average molecular weight is 214 g/mol. The summed E-state index contributed by atoms with van der Waals surface area (Å²) < 4.78 is 0. The Morgan fingerprint density at radius 3 is 2.12 bits per heavy atom. The van der Waals surface area contributed by atoms with Gasteiger partial charge in [-0.25, -0.2) is 0 Å². The summed E-state index contributed by atoms with van der Waals surface area (Å²) in [4.78, 5) is 0. The number of allylic oxidation sites excluding steroid dienone is 2. The van der Waals surface area contributed by atoms with E-state index in [1.807, 2.05) is 0 Å². The fourth-order valence-electron chi connectivity index (χ4n) is 3.22. The lowest BCUT2D eigenvalue weighted by molar-refractivity contribution is 0.229. The van der Waals surface area contributed by atoms with E-state index in [-0.39, 0.29) is 0 Å². The van der Waals surface area contributed by atoms with E-state index < -0.39 is 0 Å². The molecule has 1 aromatic rings. The third kappa shape index (κ3) is 2.55. The zero-order valence-corrected chi connectivity index (χ0v) is 10.9. The highest BCUT2D eigenvalue weighted by Crippen LogP contribution is 2.47. The van der Waals surface area contributed by atoms with Crippen LogP contribution in [-0.2, 0) is 0 Å². The first-order valence-corrected chi connectivity index (χ1v) is 6.15. The molecule has 0 fully saturated rings. The molecule has 1 aliphatic carbocycles. The molecule has 1 aromatic carbocycles. The summed E-state index contributed by atoms with van der Waals surface area (Å²) in [7, 11) is 0. The second-order valence-corrected chi connectivity index (χ2v) is 6.54. The van der Waals surface area contributed by atoms with Crippen LogP contribution < -0.4 is 0 Å². The van der Waals surface area contributed by atoms with Crippen LogP contribution in [0.25, 0.3) is 5.57 Å². The van der Waals surface area contributed by atoms with Gasteiger partial charge in [-0.3, -0.25) is 0 Å². The van der Waals surface area contributed by atoms with Gasteiger partial charge in [0.2, 0.25) is 0 Å². The van der Waals surface area contributed by atoms with Crippen LogP contribution in [0.3, 0.4) is 0 Å². The summed E-state index contributed by atoms with van der Waals surface area (Å²) in [6, 6.07) is 10.8. The average Bonchev–Trinajstić information content (AvgIpc) is 2.14. The molecule has 0 N–H and O–H groups in total. The summed E-state index contributed by atoms with van der Waals surface area (Å²) in [5.74, 6) is 0. The predicted molar refractivity (Wildman–Crippen MR) is 71.2 cm³/mol. The SMILES string of the molecule is CC1(C)C=C(c2ccccc2)CC(C)(C)C1. The van der Waals surface area contributed by atoms with E-state index in [9.17, 15) is 0 Å². The van der Waals surface area contributed by atoms with Crippen molar-refractivity contribution in [3.8, 4) is 0 Å². The highest BCUT2D eigenvalue weighted by atomic mass is 14.4. The minimum atomic E-state index is 0.326. The van der Waals surface area contributed by atoms with E-state index in [4.69, 9.17) is 0 Å². The van der Waals surface area contributed by atoms with Crippen molar-refractivity contribution in [2.24, 2.45) is 10.8 Å². The molecular weight excluding hydrogens is 192 g/mol. The minimum Gasteiger partial charge on any atom is -0.0750 e. The molecule has 0 saturated carbocycles. The lowest BCUT2D eigenvalue weighted by Crippen LogP contribution is -2.26. The van der Waals surface area contributed by atoms with Crippen molar-refractivity contribution in [2.75, 3.05) is 0 Å². The summed E-state index contributed by atoms with van der Waals surface area (Å²) >= 11 is 0. The molecule has 1 aliphatic rings. The first kappa shape index (κ1) is 11.4. The Bertz CT molecular complexity index is 393. The summed E-state index contributed by atoms with van der Waals surface area (Å²) in [6.45, 7) is 9.45. The molecule has 86 valence electrons. The Kier molecular flexibility index (Phi) is 2.69. The molecule has 16 heavy (non-hydrogen) atoms. The van der Waals surface area contributed by atoms with Gasteiger partial charge in [0.15, 0.2) is 0 Å². The maximum Gasteiger partial charge on any atom is -0.0164 e. The number of benzene rings is 1. The minimum absolute atomic E-state index is 0.326. The Labute approximate surface area is 99.4 Å². The molecule has 0 heteroatoms. The Hall–Kier alpha value is -1.04. The lowest BCUT2D eigenvalue weighted by Gasteiger charge is -2.39. The van der Waals surface area contributed by atoms with Gasteiger partial charge in [-0.05, 0) is 34.8 Å². The maximum absolute atomic E-state index is 2.47. The summed E-state index contributed by atoms with van der Waals surface area (Å²) in [6.07, 6.45) is 4.93. The largest absolute Gasteiger partial charge is 0.0750 e. The van der Waals surface area contributed by atoms with Gasteiger partial charge >= 0.3 is 0 Å². The fourth-order valence-corrected chi connectivity index (χ4v) is 3.22. The molecule has 0 bridgehead atoms. The summed E-state index contributed by atoms with van der Waals surface area (Å²) in [5.41, 5.74) is 3.65. The molecular formula is C16H22. The van der Waals surface area contributed by atoms with E-state index in [0.717, 1.165) is 0 Å². The molecule has 0 heterocycles. The maximum atomic E-state index is 2.47. The van der Waals surface area contributed by atoms with Gasteiger partial charge in [0.05, 0.1) is 0 Å². The molecule has 0 spiro atoms. The van der Waals surface area contributed by atoms with Gasteiger partial charge in [-0.2, -0.15) is 0 Å². The van der Waals surface area contributed by atoms with Crippen molar-refractivity contribution >= 4 is 5.57 Å². The van der Waals surface area contributed by atoms with Crippen molar-refractivity contribution in [1.29, 1.82) is 0 Å². The predicted octanol–water partition coefficient (Wildman–Crippen LogP) is 4.92. The monoisotopic (exact) mass is 214 g/mol. The van der Waals surface area contributed by atoms with Crippen LogP contribution in [-0.4, -0.2) is 0 Å². The Balaban J connectivity index is 2.38. The smallest absolute Gasteiger partial charge is 0.0164 e. The molecule has 2 rings (SSSR count). The Morgan fingerprint density at radius 1 is 0.938 bits per heavy atom. The highest BCUT2D eigenvalue weighted by Gasteiger charge is 2.33. The van der Waals surface area contributed by atoms with Crippen LogP contribution in [0, 0.1) is 10.8 Å². The van der Waals surface area contributed by atoms with Crippen LogP contribution in [0.4, 0.5) is 0 Å². The molecule has 0 amide bonds. The van der Waals surface area contributed by atoms with E-state index >= 15 is 0 Å². The van der Waals surface area contributed by atoms with Gasteiger partial charge in [0, 0.05) is 0 Å². The third-order valence-electron chi connectivity index (χ3n) is 3.31. The molecule has 0 radical (unpaired) electrons. The van der Waals surface area contributed by atoms with Gasteiger partial charge < -0.3 is 0 Å². The van der Waals surface area contributed by atoms with Crippen molar-refractivity contribution in [2.45, 2.75) is 40.5 Å². The molecule has 0 saturated heterocycles. The third-order valence-corrected chi connectivity index (χ3v) is 3.31. The fraction of sp³-hybridized carbons (Fsp3) is 0.500. The normalized spacial score (nSPS) is 22.6. The zero-order valence-electron chi connectivity index (χ0n) is 10.9. The van der Waals surface area contributed by atoms with Crippen molar-refractivity contribution < 1.29 is 0 Å². The van der Waals surface area contributed by atoms with E-state index in [1.165, 1.54) is 24.0 Å². The van der Waals surface area contributed by atoms with Crippen molar-refractivity contribution in [1.82, 2.24) is 0 Å². The van der Waals surface area contributed by atoms with Crippen LogP contribution >= 0.6 is 0 Å². The molecule has 0 aliphatic heterocycles. The van der Waals surface area contributed by atoms with E-state index in [2.05, 4.69) is 64.1 Å². The van der Waals surface area contributed by atoms with Crippen molar-refractivity contribution in [3.05, 3.63) is 42.0 Å².